The molecular weight excluding hydrogens is 478 g/mol. The monoisotopic (exact) mass is 501 g/mol. The Morgan fingerprint density at radius 3 is 2.06 bits per heavy atom. The van der Waals surface area contributed by atoms with Crippen molar-refractivity contribution in [3.05, 3.63) is 107 Å². The highest BCUT2D eigenvalue weighted by atomic mass is 19.4. The summed E-state index contributed by atoms with van der Waals surface area (Å²) in [5, 5.41) is 7.37. The first-order valence-corrected chi connectivity index (χ1v) is 10.9. The van der Waals surface area contributed by atoms with Crippen LogP contribution in [0.25, 0.3) is 0 Å². The fraction of sp³-hybridized carbons (Fsp3) is 0.192. The molecule has 3 aromatic carbocycles. The Morgan fingerprint density at radius 1 is 0.861 bits per heavy atom. The first-order chi connectivity index (χ1) is 17.1. The van der Waals surface area contributed by atoms with Crippen molar-refractivity contribution < 1.29 is 31.9 Å². The highest BCUT2D eigenvalue weighted by Gasteiger charge is 2.38. The highest BCUT2D eigenvalue weighted by Crippen LogP contribution is 2.32. The fourth-order valence-electron chi connectivity index (χ4n) is 3.65. The van der Waals surface area contributed by atoms with Gasteiger partial charge in [-0.1, -0.05) is 60.7 Å². The number of carbonyl (C=O) groups is 3. The zero-order valence-corrected chi connectivity index (χ0v) is 19.1. The van der Waals surface area contributed by atoms with Crippen LogP contribution < -0.4 is 16.0 Å². The molecule has 3 N–H and O–H groups in total. The quantitative estimate of drug-likeness (QED) is 0.411. The van der Waals surface area contributed by atoms with E-state index in [0.29, 0.717) is 17.2 Å². The minimum atomic E-state index is -5.01. The summed E-state index contributed by atoms with van der Waals surface area (Å²) < 4.78 is 53.9. The molecule has 3 aromatic rings. The lowest BCUT2D eigenvalue weighted by molar-refractivity contribution is -0.138. The summed E-state index contributed by atoms with van der Waals surface area (Å²) in [6.45, 7) is 0. The predicted molar refractivity (Wildman–Crippen MR) is 124 cm³/mol. The number of rotatable bonds is 8. The molecule has 0 aliphatic rings. The van der Waals surface area contributed by atoms with Crippen molar-refractivity contribution >= 4 is 17.7 Å². The molecule has 0 fully saturated rings. The van der Waals surface area contributed by atoms with E-state index in [0.717, 1.165) is 6.07 Å². The van der Waals surface area contributed by atoms with E-state index < -0.39 is 52.9 Å². The van der Waals surface area contributed by atoms with E-state index in [4.69, 9.17) is 0 Å². The van der Waals surface area contributed by atoms with Gasteiger partial charge in [0.05, 0.1) is 23.6 Å². The zero-order valence-electron chi connectivity index (χ0n) is 19.1. The van der Waals surface area contributed by atoms with E-state index in [1.165, 1.54) is 7.05 Å². The van der Waals surface area contributed by atoms with Gasteiger partial charge in [-0.2, -0.15) is 13.2 Å². The summed E-state index contributed by atoms with van der Waals surface area (Å²) >= 11 is 0. The molecule has 0 saturated carbocycles. The first-order valence-electron chi connectivity index (χ1n) is 10.9. The maximum atomic E-state index is 13.5. The largest absolute Gasteiger partial charge is 0.417 e. The molecule has 36 heavy (non-hydrogen) atoms. The van der Waals surface area contributed by atoms with Gasteiger partial charge in [-0.05, 0) is 29.3 Å². The van der Waals surface area contributed by atoms with E-state index in [9.17, 15) is 31.9 Å². The van der Waals surface area contributed by atoms with Gasteiger partial charge in [0.2, 0.25) is 11.8 Å². The number of hydrogen-bond donors (Lipinski definition) is 3. The zero-order chi connectivity index (χ0) is 26.3. The Morgan fingerprint density at radius 2 is 1.47 bits per heavy atom. The summed E-state index contributed by atoms with van der Waals surface area (Å²) in [5.74, 6) is -3.66. The molecule has 0 aliphatic carbocycles. The predicted octanol–water partition coefficient (Wildman–Crippen LogP) is 3.79. The third-order valence-corrected chi connectivity index (χ3v) is 5.36. The van der Waals surface area contributed by atoms with Gasteiger partial charge in [0.25, 0.3) is 5.91 Å². The fourth-order valence-corrected chi connectivity index (χ4v) is 3.65. The SMILES string of the molecule is CNC(=O)C(NC(=O)c1ccc(F)cc1C(F)(F)F)C(NC(=O)Cc1ccccc1)c1ccccc1. The summed E-state index contributed by atoms with van der Waals surface area (Å²) in [7, 11) is 1.29. The van der Waals surface area contributed by atoms with Crippen molar-refractivity contribution in [3.8, 4) is 0 Å². The topological polar surface area (TPSA) is 87.3 Å². The van der Waals surface area contributed by atoms with Gasteiger partial charge in [-0.25, -0.2) is 4.39 Å². The normalized spacial score (nSPS) is 12.8. The first kappa shape index (κ1) is 26.4. The summed E-state index contributed by atoms with van der Waals surface area (Å²) in [4.78, 5) is 38.6. The summed E-state index contributed by atoms with van der Waals surface area (Å²) in [6, 6.07) is 16.0. The molecule has 0 bridgehead atoms. The average Bonchev–Trinajstić information content (AvgIpc) is 2.86. The second-order valence-corrected chi connectivity index (χ2v) is 7.87. The van der Waals surface area contributed by atoms with Crippen molar-refractivity contribution in [2.75, 3.05) is 7.05 Å². The second-order valence-electron chi connectivity index (χ2n) is 7.87. The van der Waals surface area contributed by atoms with Gasteiger partial charge >= 0.3 is 6.18 Å². The molecule has 0 spiro atoms. The standard InChI is InChI=1S/C26H23F4N3O3/c1-31-25(36)23(33-24(35)19-13-12-18(27)15-20(19)26(28,29)30)22(17-10-6-3-7-11-17)32-21(34)14-16-8-4-2-5-9-16/h2-13,15,22-23H,14H2,1H3,(H,31,36)(H,32,34)(H,33,35). The van der Waals surface area contributed by atoms with Crippen LogP contribution in [0.1, 0.15) is 33.1 Å². The molecule has 0 aliphatic heterocycles. The number of amides is 3. The number of alkyl halides is 3. The van der Waals surface area contributed by atoms with E-state index >= 15 is 0 Å². The smallest absolute Gasteiger partial charge is 0.357 e. The van der Waals surface area contributed by atoms with E-state index in [1.54, 1.807) is 60.7 Å². The number of likely N-dealkylation sites (N-methyl/N-ethyl adjacent to an activating group) is 1. The molecule has 2 unspecified atom stereocenters. The Hall–Kier alpha value is -4.21. The van der Waals surface area contributed by atoms with Crippen LogP contribution in [0.5, 0.6) is 0 Å². The molecule has 6 nitrogen and oxygen atoms in total. The van der Waals surface area contributed by atoms with Crippen molar-refractivity contribution in [2.24, 2.45) is 0 Å². The van der Waals surface area contributed by atoms with E-state index in [1.807, 2.05) is 0 Å². The van der Waals surface area contributed by atoms with Gasteiger partial charge in [-0.15, -0.1) is 0 Å². The molecule has 2 atom stereocenters. The Labute approximate surface area is 204 Å². The molecule has 3 rings (SSSR count). The minimum Gasteiger partial charge on any atom is -0.357 e. The number of benzene rings is 3. The van der Waals surface area contributed by atoms with Gasteiger partial charge in [-0.3, -0.25) is 14.4 Å². The van der Waals surface area contributed by atoms with Gasteiger partial charge in [0, 0.05) is 7.05 Å². The third-order valence-electron chi connectivity index (χ3n) is 5.36. The van der Waals surface area contributed by atoms with Crippen LogP contribution in [-0.4, -0.2) is 30.8 Å². The van der Waals surface area contributed by atoms with Crippen LogP contribution in [-0.2, 0) is 22.2 Å². The Bertz CT molecular complexity index is 1220. The lowest BCUT2D eigenvalue weighted by atomic mass is 9.96. The van der Waals surface area contributed by atoms with Crippen LogP contribution in [0.4, 0.5) is 17.6 Å². The number of halogens is 4. The van der Waals surface area contributed by atoms with Crippen molar-refractivity contribution in [3.63, 3.8) is 0 Å². The van der Waals surface area contributed by atoms with Crippen LogP contribution in [0.15, 0.2) is 78.9 Å². The number of nitrogens with one attached hydrogen (secondary N) is 3. The molecule has 0 radical (unpaired) electrons. The molecule has 3 amide bonds. The Kier molecular flexibility index (Phi) is 8.42. The van der Waals surface area contributed by atoms with Crippen molar-refractivity contribution in [1.82, 2.24) is 16.0 Å². The molecule has 188 valence electrons. The Balaban J connectivity index is 1.96. The van der Waals surface area contributed by atoms with Crippen LogP contribution in [0.2, 0.25) is 0 Å². The maximum absolute atomic E-state index is 13.5. The summed E-state index contributed by atoms with van der Waals surface area (Å²) in [5.41, 5.74) is -1.22. The second kappa shape index (κ2) is 11.5. The summed E-state index contributed by atoms with van der Waals surface area (Å²) in [6.07, 6.45) is -5.05. The van der Waals surface area contributed by atoms with Crippen molar-refractivity contribution in [2.45, 2.75) is 24.7 Å². The van der Waals surface area contributed by atoms with E-state index in [2.05, 4.69) is 16.0 Å². The molecular formula is C26H23F4N3O3. The molecule has 0 aromatic heterocycles. The molecule has 0 saturated heterocycles. The minimum absolute atomic E-state index is 0.0330. The number of hydrogen-bond acceptors (Lipinski definition) is 3. The maximum Gasteiger partial charge on any atom is 0.417 e. The lowest BCUT2D eigenvalue weighted by Gasteiger charge is -2.28. The molecule has 10 heteroatoms. The van der Waals surface area contributed by atoms with Gasteiger partial charge < -0.3 is 16.0 Å². The highest BCUT2D eigenvalue weighted by molar-refractivity contribution is 5.99. The number of carbonyl (C=O) groups excluding carboxylic acids is 3. The van der Waals surface area contributed by atoms with Crippen LogP contribution >= 0.6 is 0 Å². The third kappa shape index (κ3) is 6.68. The van der Waals surface area contributed by atoms with Crippen LogP contribution in [0, 0.1) is 5.82 Å². The van der Waals surface area contributed by atoms with Crippen LogP contribution in [0.3, 0.4) is 0 Å². The average molecular weight is 501 g/mol. The van der Waals surface area contributed by atoms with E-state index in [-0.39, 0.29) is 12.5 Å². The molecule has 0 heterocycles. The van der Waals surface area contributed by atoms with Gasteiger partial charge in [0.15, 0.2) is 0 Å². The lowest BCUT2D eigenvalue weighted by Crippen LogP contribution is -2.54. The van der Waals surface area contributed by atoms with Gasteiger partial charge in [0.1, 0.15) is 11.9 Å². The van der Waals surface area contributed by atoms with Crippen molar-refractivity contribution in [1.29, 1.82) is 0 Å².